The maximum absolute atomic E-state index is 9.61. The Balaban J connectivity index is 1.12. The Morgan fingerprint density at radius 3 is 1.86 bits per heavy atom. The molecular formula is C58H41N3OS. The van der Waals surface area contributed by atoms with Crippen LogP contribution in [-0.4, -0.2) is 0 Å². The molecule has 2 aliphatic rings. The van der Waals surface area contributed by atoms with E-state index in [9.17, 15) is 5.26 Å². The number of nitriles is 1. The summed E-state index contributed by atoms with van der Waals surface area (Å²) in [5.74, 6) is 1.73. The predicted molar refractivity (Wildman–Crippen MR) is 258 cm³/mol. The zero-order valence-electron chi connectivity index (χ0n) is 36.5. The fraction of sp³-hybridized carbons (Fsp3) is 0.0517. The highest BCUT2D eigenvalue weighted by molar-refractivity contribution is 7.99. The lowest BCUT2D eigenvalue weighted by atomic mass is 9.67. The summed E-state index contributed by atoms with van der Waals surface area (Å²) >= 11 is 1.74. The van der Waals surface area contributed by atoms with Crippen molar-refractivity contribution >= 4 is 45.9 Å². The molecule has 0 bridgehead atoms. The van der Waals surface area contributed by atoms with Crippen LogP contribution >= 0.6 is 11.8 Å². The van der Waals surface area contributed by atoms with E-state index in [0.29, 0.717) is 17.6 Å². The number of ether oxygens (including phenoxy) is 1. The molecule has 0 radical (unpaired) electrons. The Hall–Kier alpha value is -7.78. The molecule has 1 aliphatic carbocycles. The molecule has 0 spiro atoms. The van der Waals surface area contributed by atoms with E-state index >= 15 is 0 Å². The van der Waals surface area contributed by atoms with E-state index < -0.39 is 5.41 Å². The molecule has 11 rings (SSSR count). The molecule has 0 saturated heterocycles. The van der Waals surface area contributed by atoms with Crippen LogP contribution < -0.4 is 14.5 Å². The van der Waals surface area contributed by atoms with Crippen molar-refractivity contribution in [3.63, 3.8) is 0 Å². The number of fused-ring (bicyclic) bond motifs is 6. The van der Waals surface area contributed by atoms with Crippen molar-refractivity contribution in [1.29, 1.82) is 5.26 Å². The Morgan fingerprint density at radius 2 is 1.14 bits per heavy atom. The molecule has 1 heterocycles. The van der Waals surface area contributed by atoms with Crippen LogP contribution in [0.5, 0.6) is 11.5 Å². The minimum absolute atomic E-state index is 0.413. The van der Waals surface area contributed by atoms with Gasteiger partial charge in [-0.05, 0) is 143 Å². The van der Waals surface area contributed by atoms with E-state index in [0.717, 1.165) is 89.7 Å². The van der Waals surface area contributed by atoms with Crippen molar-refractivity contribution in [3.05, 3.63) is 252 Å². The SMILES string of the molecule is [2H]c1ccc(N(c2ccc(C3(c4ccc(N(c5ccc(C#N)cc5)c5cccc([2H])c5)cc4)c4ccccc4-c4c3ccc3c4Oc4ccccc4S3)cc2)c2cccc(CC)c2)cc1. The van der Waals surface area contributed by atoms with Crippen LogP contribution in [0.3, 0.4) is 0 Å². The number of hydrogen-bond acceptors (Lipinski definition) is 5. The van der Waals surface area contributed by atoms with E-state index in [4.69, 9.17) is 7.48 Å². The van der Waals surface area contributed by atoms with Gasteiger partial charge in [-0.25, -0.2) is 0 Å². The minimum atomic E-state index is -0.747. The summed E-state index contributed by atoms with van der Waals surface area (Å²) in [6, 6.07) is 74.0. The van der Waals surface area contributed by atoms with Gasteiger partial charge < -0.3 is 14.5 Å². The number of anilines is 6. The molecule has 1 aliphatic heterocycles. The van der Waals surface area contributed by atoms with Crippen LogP contribution in [0.15, 0.2) is 228 Å². The number of aryl methyl sites for hydroxylation is 1. The van der Waals surface area contributed by atoms with Crippen molar-refractivity contribution in [2.75, 3.05) is 9.80 Å². The average Bonchev–Trinajstić information content (AvgIpc) is 3.66. The summed E-state index contributed by atoms with van der Waals surface area (Å²) in [7, 11) is 0. The third-order valence-corrected chi connectivity index (χ3v) is 13.4. The third kappa shape index (κ3) is 6.47. The lowest BCUT2D eigenvalue weighted by Gasteiger charge is -2.35. The predicted octanol–water partition coefficient (Wildman–Crippen LogP) is 15.7. The smallest absolute Gasteiger partial charge is 0.149 e. The fourth-order valence-corrected chi connectivity index (χ4v) is 10.4. The highest BCUT2D eigenvalue weighted by Gasteiger charge is 2.48. The molecule has 0 aromatic heterocycles. The Bertz CT molecular complexity index is 3240. The van der Waals surface area contributed by atoms with E-state index in [2.05, 4.69) is 144 Å². The fourth-order valence-electron chi connectivity index (χ4n) is 9.40. The number of hydrogen-bond donors (Lipinski definition) is 0. The van der Waals surface area contributed by atoms with Crippen LogP contribution in [0.4, 0.5) is 34.1 Å². The van der Waals surface area contributed by atoms with Gasteiger partial charge in [-0.15, -0.1) is 0 Å². The van der Waals surface area contributed by atoms with Gasteiger partial charge >= 0.3 is 0 Å². The molecule has 5 heteroatoms. The minimum Gasteiger partial charge on any atom is -0.454 e. The van der Waals surface area contributed by atoms with Crippen molar-refractivity contribution in [1.82, 2.24) is 0 Å². The second-order valence-corrected chi connectivity index (χ2v) is 16.8. The normalized spacial score (nSPS) is 14.7. The summed E-state index contributed by atoms with van der Waals surface area (Å²) in [6.45, 7) is 2.18. The second kappa shape index (κ2) is 15.9. The number of rotatable bonds is 9. The largest absolute Gasteiger partial charge is 0.454 e. The highest BCUT2D eigenvalue weighted by atomic mass is 32.2. The van der Waals surface area contributed by atoms with Gasteiger partial charge in [-0.1, -0.05) is 134 Å². The summed E-state index contributed by atoms with van der Waals surface area (Å²) < 4.78 is 23.7. The molecule has 0 saturated carbocycles. The van der Waals surface area contributed by atoms with Gasteiger partial charge in [0.1, 0.15) is 11.5 Å². The van der Waals surface area contributed by atoms with Crippen LogP contribution in [-0.2, 0) is 11.8 Å². The molecule has 1 atom stereocenters. The number of para-hydroxylation sites is 3. The first-order valence-corrected chi connectivity index (χ1v) is 22.0. The zero-order chi connectivity index (χ0) is 44.1. The molecular weight excluding hydrogens is 787 g/mol. The highest BCUT2D eigenvalue weighted by Crippen LogP contribution is 2.62. The Morgan fingerprint density at radius 1 is 0.540 bits per heavy atom. The summed E-state index contributed by atoms with van der Waals surface area (Å²) in [5.41, 5.74) is 13.5. The van der Waals surface area contributed by atoms with Gasteiger partial charge in [-0.3, -0.25) is 0 Å². The second-order valence-electron chi connectivity index (χ2n) is 15.7. The van der Waals surface area contributed by atoms with Crippen molar-refractivity contribution in [2.24, 2.45) is 0 Å². The van der Waals surface area contributed by atoms with Crippen molar-refractivity contribution < 1.29 is 7.48 Å². The van der Waals surface area contributed by atoms with E-state index in [1.54, 1.807) is 17.8 Å². The molecule has 0 N–H and O–H groups in total. The number of benzene rings is 9. The van der Waals surface area contributed by atoms with Gasteiger partial charge in [0.25, 0.3) is 0 Å². The molecule has 9 aromatic carbocycles. The first-order chi connectivity index (χ1) is 31.9. The van der Waals surface area contributed by atoms with Crippen LogP contribution in [0.2, 0.25) is 0 Å². The van der Waals surface area contributed by atoms with Gasteiger partial charge in [0.15, 0.2) is 0 Å². The first kappa shape index (κ1) is 35.9. The Labute approximate surface area is 375 Å². The van der Waals surface area contributed by atoms with Gasteiger partial charge in [0, 0.05) is 39.7 Å². The molecule has 0 fully saturated rings. The monoisotopic (exact) mass is 829 g/mol. The number of nitrogens with zero attached hydrogens (tertiary/aromatic N) is 3. The van der Waals surface area contributed by atoms with Crippen LogP contribution in [0.1, 0.15) is 43.0 Å². The van der Waals surface area contributed by atoms with E-state index in [-0.39, 0.29) is 0 Å². The summed E-state index contributed by atoms with van der Waals surface area (Å²) in [6.07, 6.45) is 0.922. The first-order valence-electron chi connectivity index (χ1n) is 22.2. The van der Waals surface area contributed by atoms with Crippen LogP contribution in [0.25, 0.3) is 11.1 Å². The van der Waals surface area contributed by atoms with Crippen molar-refractivity contribution in [3.8, 4) is 28.7 Å². The van der Waals surface area contributed by atoms with E-state index in [1.165, 1.54) is 11.1 Å². The topological polar surface area (TPSA) is 39.5 Å². The van der Waals surface area contributed by atoms with Gasteiger partial charge in [-0.2, -0.15) is 5.26 Å². The molecule has 0 amide bonds. The van der Waals surface area contributed by atoms with Gasteiger partial charge in [0.2, 0.25) is 0 Å². The molecule has 300 valence electrons. The Kier molecular flexibility index (Phi) is 9.08. The maximum Gasteiger partial charge on any atom is 0.149 e. The molecule has 9 aromatic rings. The average molecular weight is 830 g/mol. The molecule has 4 nitrogen and oxygen atoms in total. The summed E-state index contributed by atoms with van der Waals surface area (Å²) in [5, 5.41) is 9.61. The standard InChI is InChI=1S/C58H41N3OS/c1-2-40-14-13-19-49(38-40)61(45-17-7-4-8-18-45)48-34-28-43(29-35-48)58(42-26-32-47(33-27-42)60(44-15-5-3-6-16-44)46-30-24-41(39-59)25-31-46)51-21-10-9-20-50(51)56-52(58)36-37-55-57(56)62-53-22-11-12-23-54(53)63-55/h3-38H,2H2,1H3/i4D,5D. The lowest BCUT2D eigenvalue weighted by Crippen LogP contribution is -2.29. The maximum atomic E-state index is 9.61. The van der Waals surface area contributed by atoms with E-state index in [1.807, 2.05) is 78.9 Å². The zero-order valence-corrected chi connectivity index (χ0v) is 35.3. The summed E-state index contributed by atoms with van der Waals surface area (Å²) in [4.78, 5) is 6.58. The van der Waals surface area contributed by atoms with Crippen LogP contribution in [0, 0.1) is 11.3 Å². The quantitative estimate of drug-likeness (QED) is 0.145. The van der Waals surface area contributed by atoms with Gasteiger partial charge in [0.05, 0.1) is 29.6 Å². The van der Waals surface area contributed by atoms with Crippen molar-refractivity contribution in [2.45, 2.75) is 28.6 Å². The third-order valence-electron chi connectivity index (χ3n) is 12.3. The molecule has 1 unspecified atom stereocenters. The molecule has 63 heavy (non-hydrogen) atoms. The lowest BCUT2D eigenvalue weighted by molar-refractivity contribution is 0.456.